The number of aldehydes is 1. The van der Waals surface area contributed by atoms with Crippen LogP contribution in [0.2, 0.25) is 0 Å². The summed E-state index contributed by atoms with van der Waals surface area (Å²) in [6, 6.07) is 9.52. The fourth-order valence-corrected chi connectivity index (χ4v) is 1.01. The van der Waals surface area contributed by atoms with Crippen LogP contribution in [-0.2, 0) is 14.4 Å². The standard InChI is InChI=1S/C12H11NO4/c14-9-11(12(15)16)13-17-8-4-7-10-5-2-1-3-6-10/h1-7,9H,8H2,(H,15,16)/b7-4+,13-11-. The molecule has 0 bridgehead atoms. The van der Waals surface area contributed by atoms with E-state index in [1.54, 1.807) is 12.2 Å². The molecule has 0 saturated heterocycles. The third-order valence-corrected chi connectivity index (χ3v) is 1.77. The number of rotatable bonds is 6. The first-order valence-electron chi connectivity index (χ1n) is 4.84. The second-order valence-corrected chi connectivity index (χ2v) is 3.01. The Kier molecular flexibility index (Phi) is 5.16. The quantitative estimate of drug-likeness (QED) is 0.264. The topological polar surface area (TPSA) is 76.0 Å². The van der Waals surface area contributed by atoms with E-state index in [0.717, 1.165) is 5.56 Å². The summed E-state index contributed by atoms with van der Waals surface area (Å²) in [4.78, 5) is 25.2. The minimum absolute atomic E-state index is 0.0967. The van der Waals surface area contributed by atoms with Crippen LogP contribution in [0.25, 0.3) is 6.08 Å². The van der Waals surface area contributed by atoms with Crippen LogP contribution in [0, 0.1) is 0 Å². The van der Waals surface area contributed by atoms with Gasteiger partial charge in [0.2, 0.25) is 5.71 Å². The molecular weight excluding hydrogens is 222 g/mol. The van der Waals surface area contributed by atoms with E-state index in [4.69, 9.17) is 5.11 Å². The largest absolute Gasteiger partial charge is 0.476 e. The summed E-state index contributed by atoms with van der Waals surface area (Å²) in [5, 5.41) is 11.6. The molecule has 17 heavy (non-hydrogen) atoms. The summed E-state index contributed by atoms with van der Waals surface area (Å²) in [6.45, 7) is 0.0967. The van der Waals surface area contributed by atoms with Gasteiger partial charge >= 0.3 is 5.97 Å². The van der Waals surface area contributed by atoms with Gasteiger partial charge in [0, 0.05) is 0 Å². The number of benzene rings is 1. The van der Waals surface area contributed by atoms with E-state index in [1.807, 2.05) is 30.3 Å². The molecule has 5 nitrogen and oxygen atoms in total. The lowest BCUT2D eigenvalue weighted by molar-refractivity contribution is -0.130. The van der Waals surface area contributed by atoms with Gasteiger partial charge in [0.1, 0.15) is 6.61 Å². The van der Waals surface area contributed by atoms with Crippen LogP contribution < -0.4 is 0 Å². The zero-order valence-electron chi connectivity index (χ0n) is 8.95. The maximum atomic E-state index is 10.4. The van der Waals surface area contributed by atoms with Crippen molar-refractivity contribution >= 4 is 24.0 Å². The first-order valence-corrected chi connectivity index (χ1v) is 4.84. The Morgan fingerprint density at radius 1 is 1.35 bits per heavy atom. The summed E-state index contributed by atoms with van der Waals surface area (Å²) in [5.74, 6) is -1.41. The lowest BCUT2D eigenvalue weighted by atomic mass is 10.2. The van der Waals surface area contributed by atoms with Gasteiger partial charge in [-0.05, 0) is 11.6 Å². The van der Waals surface area contributed by atoms with Gasteiger partial charge in [-0.25, -0.2) is 4.79 Å². The predicted octanol–water partition coefficient (Wildman–Crippen LogP) is 1.36. The lowest BCUT2D eigenvalue weighted by Crippen LogP contribution is -2.14. The molecule has 0 aromatic heterocycles. The maximum absolute atomic E-state index is 10.4. The summed E-state index contributed by atoms with van der Waals surface area (Å²) in [6.07, 6.45) is 3.60. The molecule has 88 valence electrons. The Bertz CT molecular complexity index is 437. The molecule has 0 amide bonds. The number of carboxylic acid groups (broad SMARTS) is 1. The van der Waals surface area contributed by atoms with Crippen LogP contribution in [0.15, 0.2) is 41.6 Å². The Balaban J connectivity index is 2.41. The highest BCUT2D eigenvalue weighted by molar-refractivity contribution is 6.57. The average Bonchev–Trinajstić information content (AvgIpc) is 2.34. The van der Waals surface area contributed by atoms with Crippen molar-refractivity contribution in [1.82, 2.24) is 0 Å². The summed E-state index contributed by atoms with van der Waals surface area (Å²) in [7, 11) is 0. The van der Waals surface area contributed by atoms with Crippen molar-refractivity contribution in [3.63, 3.8) is 0 Å². The Morgan fingerprint density at radius 3 is 2.65 bits per heavy atom. The molecule has 0 aliphatic carbocycles. The molecule has 0 aliphatic rings. The van der Waals surface area contributed by atoms with Gasteiger partial charge in [-0.3, -0.25) is 4.79 Å². The molecule has 0 radical (unpaired) electrons. The number of carbonyl (C=O) groups excluding carboxylic acids is 1. The number of hydrogen-bond acceptors (Lipinski definition) is 4. The normalized spacial score (nSPS) is 11.4. The van der Waals surface area contributed by atoms with E-state index < -0.39 is 11.7 Å². The van der Waals surface area contributed by atoms with Crippen molar-refractivity contribution in [2.75, 3.05) is 6.61 Å². The third kappa shape index (κ3) is 4.74. The van der Waals surface area contributed by atoms with Crippen LogP contribution >= 0.6 is 0 Å². The molecule has 1 aromatic carbocycles. The zero-order chi connectivity index (χ0) is 12.5. The van der Waals surface area contributed by atoms with Crippen LogP contribution in [-0.4, -0.2) is 29.7 Å². The lowest BCUT2D eigenvalue weighted by Gasteiger charge is -1.94. The summed E-state index contributed by atoms with van der Waals surface area (Å²) < 4.78 is 0. The van der Waals surface area contributed by atoms with E-state index in [9.17, 15) is 9.59 Å². The monoisotopic (exact) mass is 233 g/mol. The van der Waals surface area contributed by atoms with E-state index in [-0.39, 0.29) is 12.9 Å². The molecule has 1 aromatic rings. The second-order valence-electron chi connectivity index (χ2n) is 3.01. The molecule has 0 heterocycles. The predicted molar refractivity (Wildman–Crippen MR) is 62.6 cm³/mol. The minimum Gasteiger partial charge on any atom is -0.476 e. The van der Waals surface area contributed by atoms with Crippen molar-refractivity contribution in [3.8, 4) is 0 Å². The number of nitrogens with zero attached hydrogens (tertiary/aromatic N) is 1. The molecule has 0 spiro atoms. The molecule has 1 rings (SSSR count). The van der Waals surface area contributed by atoms with Gasteiger partial charge in [-0.2, -0.15) is 0 Å². The van der Waals surface area contributed by atoms with Crippen LogP contribution in [0.3, 0.4) is 0 Å². The first-order chi connectivity index (χ1) is 8.24. The van der Waals surface area contributed by atoms with Gasteiger partial charge < -0.3 is 9.94 Å². The average molecular weight is 233 g/mol. The Morgan fingerprint density at radius 2 is 2.06 bits per heavy atom. The van der Waals surface area contributed by atoms with Gasteiger partial charge in [0.25, 0.3) is 0 Å². The smallest absolute Gasteiger partial charge is 0.361 e. The highest BCUT2D eigenvalue weighted by Gasteiger charge is 2.07. The Hall–Kier alpha value is -2.43. The van der Waals surface area contributed by atoms with E-state index in [0.29, 0.717) is 0 Å². The molecule has 5 heteroatoms. The SMILES string of the molecule is O=C/C(=N/OC/C=C/c1ccccc1)C(=O)O. The molecule has 1 N–H and O–H groups in total. The van der Waals surface area contributed by atoms with E-state index in [2.05, 4.69) is 9.99 Å². The van der Waals surface area contributed by atoms with Crippen molar-refractivity contribution in [3.05, 3.63) is 42.0 Å². The van der Waals surface area contributed by atoms with Crippen LogP contribution in [0.1, 0.15) is 5.56 Å². The van der Waals surface area contributed by atoms with E-state index in [1.165, 1.54) is 0 Å². The van der Waals surface area contributed by atoms with Crippen molar-refractivity contribution < 1.29 is 19.5 Å². The number of hydrogen-bond donors (Lipinski definition) is 1. The van der Waals surface area contributed by atoms with Crippen molar-refractivity contribution in [2.24, 2.45) is 5.16 Å². The number of carbonyl (C=O) groups is 2. The van der Waals surface area contributed by atoms with Crippen molar-refractivity contribution in [2.45, 2.75) is 0 Å². The van der Waals surface area contributed by atoms with Gasteiger partial charge in [-0.15, -0.1) is 0 Å². The van der Waals surface area contributed by atoms with E-state index >= 15 is 0 Å². The molecule has 0 atom stereocenters. The molecular formula is C12H11NO4. The van der Waals surface area contributed by atoms with Gasteiger partial charge in [0.15, 0.2) is 6.29 Å². The number of oxime groups is 1. The highest BCUT2D eigenvalue weighted by atomic mass is 16.6. The maximum Gasteiger partial charge on any atom is 0.361 e. The number of aliphatic carboxylic acids is 1. The first kappa shape index (κ1) is 12.6. The molecule has 0 aliphatic heterocycles. The van der Waals surface area contributed by atoms with Gasteiger partial charge in [-0.1, -0.05) is 41.6 Å². The Labute approximate surface area is 98.0 Å². The van der Waals surface area contributed by atoms with Crippen LogP contribution in [0.4, 0.5) is 0 Å². The second kappa shape index (κ2) is 6.95. The van der Waals surface area contributed by atoms with Crippen molar-refractivity contribution in [1.29, 1.82) is 0 Å². The summed E-state index contributed by atoms with van der Waals surface area (Å²) >= 11 is 0. The summed E-state index contributed by atoms with van der Waals surface area (Å²) in [5.41, 5.74) is 0.340. The number of carboxylic acids is 1. The fraction of sp³-hybridized carbons (Fsp3) is 0.0833. The highest BCUT2D eigenvalue weighted by Crippen LogP contribution is 2.00. The molecule has 0 fully saturated rings. The molecule has 0 saturated carbocycles. The third-order valence-electron chi connectivity index (χ3n) is 1.77. The van der Waals surface area contributed by atoms with Gasteiger partial charge in [0.05, 0.1) is 0 Å². The van der Waals surface area contributed by atoms with Crippen LogP contribution in [0.5, 0.6) is 0 Å². The fourth-order valence-electron chi connectivity index (χ4n) is 1.01. The molecule has 0 unspecified atom stereocenters. The minimum atomic E-state index is -1.41. The zero-order valence-corrected chi connectivity index (χ0v) is 8.95.